The Balaban J connectivity index is 1.35. The van der Waals surface area contributed by atoms with E-state index >= 15 is 0 Å². The van der Waals surface area contributed by atoms with E-state index in [0.717, 1.165) is 12.1 Å². The molecule has 1 saturated heterocycles. The van der Waals surface area contributed by atoms with Crippen LogP contribution in [0.15, 0.2) is 70.2 Å². The van der Waals surface area contributed by atoms with E-state index in [1.165, 1.54) is 18.4 Å². The highest BCUT2D eigenvalue weighted by molar-refractivity contribution is 7.89. The van der Waals surface area contributed by atoms with Gasteiger partial charge in [-0.15, -0.1) is 0 Å². The Kier molecular flexibility index (Phi) is 7.74. The van der Waals surface area contributed by atoms with Crippen molar-refractivity contribution in [2.24, 2.45) is 0 Å². The van der Waals surface area contributed by atoms with Crippen LogP contribution in [0.1, 0.15) is 21.7 Å². The van der Waals surface area contributed by atoms with E-state index in [4.69, 9.17) is 13.9 Å². The van der Waals surface area contributed by atoms with Crippen molar-refractivity contribution in [2.45, 2.75) is 18.0 Å². The largest absolute Gasteiger partial charge is 0.493 e. The monoisotopic (exact) mass is 499 g/mol. The predicted octanol–water partition coefficient (Wildman–Crippen LogP) is 2.73. The molecule has 0 bridgehead atoms. The molecule has 0 aliphatic carbocycles. The Morgan fingerprint density at radius 1 is 0.971 bits per heavy atom. The van der Waals surface area contributed by atoms with Crippen LogP contribution in [0, 0.1) is 0 Å². The molecular formula is C25H29N3O6S. The molecule has 1 aliphatic heterocycles. The molecule has 3 aromatic rings. The van der Waals surface area contributed by atoms with Crippen molar-refractivity contribution in [3.63, 3.8) is 0 Å². The minimum absolute atomic E-state index is 0.0372. The van der Waals surface area contributed by atoms with Gasteiger partial charge in [-0.2, -0.15) is 0 Å². The van der Waals surface area contributed by atoms with Crippen molar-refractivity contribution in [3.05, 3.63) is 77.7 Å². The van der Waals surface area contributed by atoms with E-state index in [2.05, 4.69) is 9.62 Å². The Hall–Kier alpha value is -3.34. The summed E-state index contributed by atoms with van der Waals surface area (Å²) in [5.41, 5.74) is 1.45. The van der Waals surface area contributed by atoms with Gasteiger partial charge in [0.25, 0.3) is 5.91 Å². The average molecular weight is 500 g/mol. The summed E-state index contributed by atoms with van der Waals surface area (Å²) in [5.74, 6) is 1.70. The van der Waals surface area contributed by atoms with Crippen molar-refractivity contribution >= 4 is 15.9 Å². The van der Waals surface area contributed by atoms with Crippen LogP contribution in [0.2, 0.25) is 0 Å². The third kappa shape index (κ3) is 6.02. The minimum atomic E-state index is -3.79. The summed E-state index contributed by atoms with van der Waals surface area (Å²) in [6.45, 7) is 3.30. The molecule has 0 saturated carbocycles. The van der Waals surface area contributed by atoms with Gasteiger partial charge in [0.15, 0.2) is 11.5 Å². The Labute approximate surface area is 205 Å². The summed E-state index contributed by atoms with van der Waals surface area (Å²) in [6, 6.07) is 15.4. The van der Waals surface area contributed by atoms with Crippen molar-refractivity contribution < 1.29 is 27.1 Å². The topological polar surface area (TPSA) is 101 Å². The van der Waals surface area contributed by atoms with Gasteiger partial charge in [-0.3, -0.25) is 9.69 Å². The van der Waals surface area contributed by atoms with Gasteiger partial charge in [0, 0.05) is 38.3 Å². The first-order chi connectivity index (χ1) is 16.9. The maximum Gasteiger partial charge on any atom is 0.253 e. The standard InChI is InChI=1S/C25H29N3O6S/c1-32-23-9-8-19(15-24(23)33-2)18-27-10-12-28(13-11-27)25(29)20-5-3-7-22(16-20)35(30,31)26-17-21-6-4-14-34-21/h3-9,14-16,26H,10-13,17-18H2,1-2H3. The molecule has 2 heterocycles. The molecule has 4 rings (SSSR count). The molecule has 2 aromatic carbocycles. The number of hydrogen-bond donors (Lipinski definition) is 1. The molecule has 0 atom stereocenters. The number of sulfonamides is 1. The molecule has 1 aliphatic rings. The fourth-order valence-electron chi connectivity index (χ4n) is 3.99. The van der Waals surface area contributed by atoms with E-state index in [1.807, 2.05) is 18.2 Å². The molecule has 0 spiro atoms. The number of piperazine rings is 1. The van der Waals surface area contributed by atoms with E-state index in [-0.39, 0.29) is 17.3 Å². The number of rotatable bonds is 9. The molecular weight excluding hydrogens is 470 g/mol. The second kappa shape index (κ2) is 10.9. The normalized spacial score (nSPS) is 14.6. The Morgan fingerprint density at radius 2 is 1.74 bits per heavy atom. The average Bonchev–Trinajstić information content (AvgIpc) is 3.41. The number of furan rings is 1. The molecule has 1 aromatic heterocycles. The first-order valence-corrected chi connectivity index (χ1v) is 12.7. The van der Waals surface area contributed by atoms with Gasteiger partial charge in [0.05, 0.1) is 31.9 Å². The predicted molar refractivity (Wildman–Crippen MR) is 130 cm³/mol. The van der Waals surface area contributed by atoms with Crippen LogP contribution in [0.25, 0.3) is 0 Å². The number of ether oxygens (including phenoxy) is 2. The van der Waals surface area contributed by atoms with Gasteiger partial charge in [-0.1, -0.05) is 12.1 Å². The second-order valence-electron chi connectivity index (χ2n) is 8.19. The first kappa shape index (κ1) is 24.8. The lowest BCUT2D eigenvalue weighted by atomic mass is 10.1. The molecule has 1 fully saturated rings. The lowest BCUT2D eigenvalue weighted by molar-refractivity contribution is 0.0628. The Bertz CT molecular complexity index is 1250. The van der Waals surface area contributed by atoms with Crippen LogP contribution >= 0.6 is 0 Å². The number of carbonyl (C=O) groups excluding carboxylic acids is 1. The highest BCUT2D eigenvalue weighted by Gasteiger charge is 2.24. The number of methoxy groups -OCH3 is 2. The second-order valence-corrected chi connectivity index (χ2v) is 9.96. The van der Waals surface area contributed by atoms with Crippen LogP contribution in [0.5, 0.6) is 11.5 Å². The van der Waals surface area contributed by atoms with Crippen LogP contribution < -0.4 is 14.2 Å². The molecule has 35 heavy (non-hydrogen) atoms. The molecule has 1 N–H and O–H groups in total. The molecule has 186 valence electrons. The summed E-state index contributed by atoms with van der Waals surface area (Å²) < 4.78 is 43.7. The zero-order chi connectivity index (χ0) is 24.8. The van der Waals surface area contributed by atoms with Crippen molar-refractivity contribution in [3.8, 4) is 11.5 Å². The highest BCUT2D eigenvalue weighted by atomic mass is 32.2. The van der Waals surface area contributed by atoms with E-state index in [0.29, 0.717) is 49.0 Å². The van der Waals surface area contributed by atoms with Crippen molar-refractivity contribution in [1.82, 2.24) is 14.5 Å². The Morgan fingerprint density at radius 3 is 2.43 bits per heavy atom. The van der Waals surface area contributed by atoms with Gasteiger partial charge >= 0.3 is 0 Å². The summed E-state index contributed by atoms with van der Waals surface area (Å²) in [7, 11) is -0.565. The number of nitrogens with one attached hydrogen (secondary N) is 1. The number of hydrogen-bond acceptors (Lipinski definition) is 7. The fourth-order valence-corrected chi connectivity index (χ4v) is 5.03. The number of carbonyl (C=O) groups is 1. The summed E-state index contributed by atoms with van der Waals surface area (Å²) >= 11 is 0. The molecule has 1 amide bonds. The third-order valence-corrected chi connectivity index (χ3v) is 7.32. The first-order valence-electron chi connectivity index (χ1n) is 11.2. The highest BCUT2D eigenvalue weighted by Crippen LogP contribution is 2.28. The SMILES string of the molecule is COc1ccc(CN2CCN(C(=O)c3cccc(S(=O)(=O)NCc4ccco4)c3)CC2)cc1OC. The van der Waals surface area contributed by atoms with Crippen LogP contribution in [-0.2, 0) is 23.1 Å². The fraction of sp³-hybridized carbons (Fsp3) is 0.320. The van der Waals surface area contributed by atoms with E-state index in [1.54, 1.807) is 43.4 Å². The van der Waals surface area contributed by atoms with Gasteiger partial charge in [0.1, 0.15) is 5.76 Å². The van der Waals surface area contributed by atoms with Crippen LogP contribution in [0.3, 0.4) is 0 Å². The smallest absolute Gasteiger partial charge is 0.253 e. The summed E-state index contributed by atoms with van der Waals surface area (Å²) in [4.78, 5) is 17.2. The van der Waals surface area contributed by atoms with E-state index in [9.17, 15) is 13.2 Å². The van der Waals surface area contributed by atoms with Crippen molar-refractivity contribution in [1.29, 1.82) is 0 Å². The zero-order valence-electron chi connectivity index (χ0n) is 19.8. The van der Waals surface area contributed by atoms with Gasteiger partial charge < -0.3 is 18.8 Å². The van der Waals surface area contributed by atoms with Gasteiger partial charge in [-0.05, 0) is 48.0 Å². The molecule has 0 unspecified atom stereocenters. The number of amides is 1. The van der Waals surface area contributed by atoms with Crippen molar-refractivity contribution in [2.75, 3.05) is 40.4 Å². The lowest BCUT2D eigenvalue weighted by Crippen LogP contribution is -2.48. The van der Waals surface area contributed by atoms with Gasteiger partial charge in [0.2, 0.25) is 10.0 Å². The molecule has 9 nitrogen and oxygen atoms in total. The maximum atomic E-state index is 13.1. The van der Waals surface area contributed by atoms with Gasteiger partial charge in [-0.25, -0.2) is 13.1 Å². The van der Waals surface area contributed by atoms with Crippen LogP contribution in [-0.4, -0.2) is 64.5 Å². The van der Waals surface area contributed by atoms with Crippen LogP contribution in [0.4, 0.5) is 0 Å². The maximum absolute atomic E-state index is 13.1. The summed E-state index contributed by atoms with van der Waals surface area (Å²) in [5, 5.41) is 0. The third-order valence-electron chi connectivity index (χ3n) is 5.92. The number of benzene rings is 2. The summed E-state index contributed by atoms with van der Waals surface area (Å²) in [6.07, 6.45) is 1.48. The minimum Gasteiger partial charge on any atom is -0.493 e. The quantitative estimate of drug-likeness (QED) is 0.483. The number of nitrogens with zero attached hydrogens (tertiary/aromatic N) is 2. The molecule has 0 radical (unpaired) electrons. The zero-order valence-corrected chi connectivity index (χ0v) is 20.6. The lowest BCUT2D eigenvalue weighted by Gasteiger charge is -2.35. The van der Waals surface area contributed by atoms with E-state index < -0.39 is 10.0 Å². The molecule has 10 heteroatoms.